The fraction of sp³-hybridized carbons (Fsp3) is 0.588. The van der Waals surface area contributed by atoms with Crippen molar-refractivity contribution in [3.8, 4) is 0 Å². The number of hydrogen-bond acceptors (Lipinski definition) is 4. The van der Waals surface area contributed by atoms with Gasteiger partial charge in [-0.3, -0.25) is 9.69 Å². The third-order valence-corrected chi connectivity index (χ3v) is 4.11. The molecule has 1 aromatic rings. The molecule has 0 aromatic heterocycles. The lowest BCUT2D eigenvalue weighted by Gasteiger charge is -2.34. The Kier molecular flexibility index (Phi) is 7.36. The quantitative estimate of drug-likeness (QED) is 0.727. The molecule has 0 aliphatic carbocycles. The Morgan fingerprint density at radius 3 is 2.32 bits per heavy atom. The number of aliphatic hydroxyl groups is 1. The van der Waals surface area contributed by atoms with Gasteiger partial charge in [-0.05, 0) is 12.0 Å². The fourth-order valence-corrected chi connectivity index (χ4v) is 2.72. The second-order valence-corrected chi connectivity index (χ2v) is 5.74. The van der Waals surface area contributed by atoms with Gasteiger partial charge < -0.3 is 15.3 Å². The van der Waals surface area contributed by atoms with Gasteiger partial charge in [-0.1, -0.05) is 30.3 Å². The van der Waals surface area contributed by atoms with Crippen LogP contribution in [0.4, 0.5) is 0 Å². The SMILES string of the molecule is O=C(CCN1CCN(CCO)CC1)NCCc1ccccc1. The lowest BCUT2D eigenvalue weighted by atomic mass is 10.1. The number of aliphatic hydroxyl groups excluding tert-OH is 1. The molecular weight excluding hydrogens is 278 g/mol. The first-order chi connectivity index (χ1) is 10.8. The molecule has 122 valence electrons. The third-order valence-electron chi connectivity index (χ3n) is 4.11. The van der Waals surface area contributed by atoms with Crippen molar-refractivity contribution in [3.05, 3.63) is 35.9 Å². The summed E-state index contributed by atoms with van der Waals surface area (Å²) >= 11 is 0. The number of benzene rings is 1. The molecule has 0 saturated carbocycles. The number of rotatable bonds is 8. The fourth-order valence-electron chi connectivity index (χ4n) is 2.72. The number of carbonyl (C=O) groups is 1. The van der Waals surface area contributed by atoms with E-state index in [2.05, 4.69) is 27.2 Å². The van der Waals surface area contributed by atoms with E-state index in [1.54, 1.807) is 0 Å². The number of amides is 1. The van der Waals surface area contributed by atoms with Crippen LogP contribution in [0.2, 0.25) is 0 Å². The van der Waals surface area contributed by atoms with Crippen LogP contribution in [0, 0.1) is 0 Å². The minimum Gasteiger partial charge on any atom is -0.395 e. The monoisotopic (exact) mass is 305 g/mol. The molecule has 1 aliphatic rings. The summed E-state index contributed by atoms with van der Waals surface area (Å²) < 4.78 is 0. The van der Waals surface area contributed by atoms with Gasteiger partial charge in [0.05, 0.1) is 6.61 Å². The second-order valence-electron chi connectivity index (χ2n) is 5.74. The van der Waals surface area contributed by atoms with Gasteiger partial charge in [-0.25, -0.2) is 0 Å². The van der Waals surface area contributed by atoms with Gasteiger partial charge in [-0.15, -0.1) is 0 Å². The summed E-state index contributed by atoms with van der Waals surface area (Å²) in [7, 11) is 0. The van der Waals surface area contributed by atoms with E-state index in [1.165, 1.54) is 5.56 Å². The summed E-state index contributed by atoms with van der Waals surface area (Å²) in [4.78, 5) is 16.4. The predicted octanol–water partition coefficient (Wildman–Crippen LogP) is 0.345. The molecule has 0 bridgehead atoms. The number of nitrogens with zero attached hydrogens (tertiary/aromatic N) is 2. The summed E-state index contributed by atoms with van der Waals surface area (Å²) in [6.45, 7) is 6.44. The van der Waals surface area contributed by atoms with Gasteiger partial charge in [0, 0.05) is 52.2 Å². The topological polar surface area (TPSA) is 55.8 Å². The highest BCUT2D eigenvalue weighted by molar-refractivity contribution is 5.76. The van der Waals surface area contributed by atoms with Crippen molar-refractivity contribution in [3.63, 3.8) is 0 Å². The van der Waals surface area contributed by atoms with E-state index in [0.717, 1.165) is 45.7 Å². The van der Waals surface area contributed by atoms with Crippen molar-refractivity contribution >= 4 is 5.91 Å². The number of hydrogen-bond donors (Lipinski definition) is 2. The number of nitrogens with one attached hydrogen (secondary N) is 1. The van der Waals surface area contributed by atoms with Crippen LogP contribution in [0.15, 0.2) is 30.3 Å². The van der Waals surface area contributed by atoms with E-state index in [4.69, 9.17) is 5.11 Å². The Hall–Kier alpha value is -1.43. The highest BCUT2D eigenvalue weighted by atomic mass is 16.3. The molecule has 2 N–H and O–H groups in total. The molecule has 1 amide bonds. The number of piperazine rings is 1. The molecule has 5 nitrogen and oxygen atoms in total. The van der Waals surface area contributed by atoms with Crippen molar-refractivity contribution in [1.82, 2.24) is 15.1 Å². The van der Waals surface area contributed by atoms with Gasteiger partial charge in [0.1, 0.15) is 0 Å². The Labute approximate surface area is 132 Å². The zero-order valence-corrected chi connectivity index (χ0v) is 13.2. The summed E-state index contributed by atoms with van der Waals surface area (Å²) in [5.41, 5.74) is 1.25. The van der Waals surface area contributed by atoms with Crippen molar-refractivity contribution in [1.29, 1.82) is 0 Å². The lowest BCUT2D eigenvalue weighted by molar-refractivity contribution is -0.121. The number of β-amino-alcohol motifs (C(OH)–C–C–N with tert-alkyl or cyclic N) is 1. The highest BCUT2D eigenvalue weighted by Gasteiger charge is 2.16. The first-order valence-electron chi connectivity index (χ1n) is 8.14. The van der Waals surface area contributed by atoms with E-state index in [9.17, 15) is 4.79 Å². The molecule has 5 heteroatoms. The molecular formula is C17H27N3O2. The van der Waals surface area contributed by atoms with Crippen LogP contribution < -0.4 is 5.32 Å². The average Bonchev–Trinajstić information content (AvgIpc) is 2.55. The standard InChI is InChI=1S/C17H27N3O2/c21-15-14-20-12-10-19(11-13-20)9-7-17(22)18-8-6-16-4-2-1-3-5-16/h1-5,21H,6-15H2,(H,18,22). The first kappa shape index (κ1) is 16.9. The van der Waals surface area contributed by atoms with E-state index in [1.807, 2.05) is 18.2 Å². The van der Waals surface area contributed by atoms with Crippen LogP contribution in [-0.2, 0) is 11.2 Å². The average molecular weight is 305 g/mol. The van der Waals surface area contributed by atoms with E-state index < -0.39 is 0 Å². The maximum absolute atomic E-state index is 11.9. The molecule has 1 fully saturated rings. The second kappa shape index (κ2) is 9.56. The Morgan fingerprint density at radius 2 is 1.68 bits per heavy atom. The summed E-state index contributed by atoms with van der Waals surface area (Å²) in [6, 6.07) is 10.2. The largest absolute Gasteiger partial charge is 0.395 e. The molecule has 1 aromatic carbocycles. The lowest BCUT2D eigenvalue weighted by Crippen LogP contribution is -2.47. The summed E-state index contributed by atoms with van der Waals surface area (Å²) in [5.74, 6) is 0.133. The van der Waals surface area contributed by atoms with Gasteiger partial charge >= 0.3 is 0 Å². The van der Waals surface area contributed by atoms with Crippen molar-refractivity contribution in [2.45, 2.75) is 12.8 Å². The number of carbonyl (C=O) groups excluding carboxylic acids is 1. The predicted molar refractivity (Wildman–Crippen MR) is 87.7 cm³/mol. The van der Waals surface area contributed by atoms with Crippen LogP contribution in [0.25, 0.3) is 0 Å². The van der Waals surface area contributed by atoms with Crippen molar-refractivity contribution < 1.29 is 9.90 Å². The summed E-state index contributed by atoms with van der Waals surface area (Å²) in [5, 5.41) is 11.9. The Morgan fingerprint density at radius 1 is 1.05 bits per heavy atom. The summed E-state index contributed by atoms with van der Waals surface area (Å²) in [6.07, 6.45) is 1.45. The van der Waals surface area contributed by atoms with Crippen molar-refractivity contribution in [2.75, 3.05) is 52.4 Å². The van der Waals surface area contributed by atoms with E-state index >= 15 is 0 Å². The van der Waals surface area contributed by atoms with E-state index in [-0.39, 0.29) is 12.5 Å². The van der Waals surface area contributed by atoms with Crippen LogP contribution >= 0.6 is 0 Å². The smallest absolute Gasteiger partial charge is 0.221 e. The maximum Gasteiger partial charge on any atom is 0.221 e. The van der Waals surface area contributed by atoms with Gasteiger partial charge in [0.15, 0.2) is 0 Å². The normalized spacial score (nSPS) is 16.6. The van der Waals surface area contributed by atoms with Crippen molar-refractivity contribution in [2.24, 2.45) is 0 Å². The molecule has 0 unspecified atom stereocenters. The molecule has 0 spiro atoms. The molecule has 0 atom stereocenters. The molecule has 1 saturated heterocycles. The zero-order chi connectivity index (χ0) is 15.6. The van der Waals surface area contributed by atoms with Crippen LogP contribution in [-0.4, -0.2) is 73.2 Å². The highest BCUT2D eigenvalue weighted by Crippen LogP contribution is 2.02. The van der Waals surface area contributed by atoms with Gasteiger partial charge in [0.25, 0.3) is 0 Å². The molecule has 0 radical (unpaired) electrons. The zero-order valence-electron chi connectivity index (χ0n) is 13.2. The van der Waals surface area contributed by atoms with E-state index in [0.29, 0.717) is 13.0 Å². The Balaban J connectivity index is 1.54. The molecule has 2 rings (SSSR count). The van der Waals surface area contributed by atoms with Gasteiger partial charge in [0.2, 0.25) is 5.91 Å². The molecule has 22 heavy (non-hydrogen) atoms. The minimum atomic E-state index is 0.133. The third kappa shape index (κ3) is 6.13. The minimum absolute atomic E-state index is 0.133. The molecule has 1 heterocycles. The molecule has 1 aliphatic heterocycles. The first-order valence-corrected chi connectivity index (χ1v) is 8.14. The van der Waals surface area contributed by atoms with Crippen LogP contribution in [0.1, 0.15) is 12.0 Å². The Bertz CT molecular complexity index is 431. The maximum atomic E-state index is 11.9. The van der Waals surface area contributed by atoms with Crippen LogP contribution in [0.5, 0.6) is 0 Å². The van der Waals surface area contributed by atoms with Crippen LogP contribution in [0.3, 0.4) is 0 Å². The van der Waals surface area contributed by atoms with Gasteiger partial charge in [-0.2, -0.15) is 0 Å².